The van der Waals surface area contributed by atoms with Crippen LogP contribution in [0, 0.1) is 6.92 Å². The summed E-state index contributed by atoms with van der Waals surface area (Å²) in [6, 6.07) is 26.9. The molecule has 41 heavy (non-hydrogen) atoms. The molecule has 0 amide bonds. The number of aromatic nitrogens is 2. The van der Waals surface area contributed by atoms with Gasteiger partial charge >= 0.3 is 5.69 Å². The van der Waals surface area contributed by atoms with Gasteiger partial charge in [0.25, 0.3) is 5.56 Å². The number of sulfone groups is 1. The number of nitrogens with one attached hydrogen (secondary N) is 1. The molecule has 1 saturated heterocycles. The summed E-state index contributed by atoms with van der Waals surface area (Å²) in [6.45, 7) is 1.45. The lowest BCUT2D eigenvalue weighted by molar-refractivity contribution is -0.107. The Morgan fingerprint density at radius 1 is 0.927 bits per heavy atom. The standard InChI is InChI=1S/C30H29ClN2O7S/c1-19-18-33(28(36)32-26(19)35)27-23(31)30(37,41(2,38)39)25(40-27)24(34)29(20-12-6-3-7-13-20,21-14-8-4-9-15-21)22-16-10-5-11-17-22/h3-18,23-25,27,34,37H,1-2H3,(H,32,35,36)/t23?,24?,25-,27-,30-/m1/s1. The topological polar surface area (TPSA) is 139 Å². The lowest BCUT2D eigenvalue weighted by atomic mass is 9.64. The van der Waals surface area contributed by atoms with E-state index in [2.05, 4.69) is 4.98 Å². The molecular formula is C30H29ClN2O7S. The van der Waals surface area contributed by atoms with Crippen molar-refractivity contribution in [1.82, 2.24) is 9.55 Å². The van der Waals surface area contributed by atoms with Crippen LogP contribution in [0.25, 0.3) is 0 Å². The molecule has 3 N–H and O–H groups in total. The largest absolute Gasteiger partial charge is 0.389 e. The highest BCUT2D eigenvalue weighted by Gasteiger charge is 2.67. The van der Waals surface area contributed by atoms with Crippen LogP contribution in [0.3, 0.4) is 0 Å². The summed E-state index contributed by atoms with van der Waals surface area (Å²) >= 11 is 6.68. The first-order chi connectivity index (χ1) is 19.4. The second-order valence-corrected chi connectivity index (χ2v) is 12.9. The lowest BCUT2D eigenvalue weighted by Crippen LogP contribution is -2.61. The maximum atomic E-state index is 13.3. The summed E-state index contributed by atoms with van der Waals surface area (Å²) in [5.41, 5.74) is -1.10. The molecule has 1 aliphatic heterocycles. The summed E-state index contributed by atoms with van der Waals surface area (Å²) in [6.07, 6.45) is -3.20. The minimum atomic E-state index is -4.47. The zero-order valence-corrected chi connectivity index (χ0v) is 23.8. The Morgan fingerprint density at radius 3 is 1.78 bits per heavy atom. The molecule has 11 heteroatoms. The molecule has 214 valence electrons. The minimum absolute atomic E-state index is 0.135. The van der Waals surface area contributed by atoms with Crippen LogP contribution in [0.15, 0.2) is 107 Å². The summed E-state index contributed by atoms with van der Waals surface area (Å²) in [5.74, 6) is 0. The van der Waals surface area contributed by atoms with Gasteiger partial charge in [0.05, 0.1) is 5.41 Å². The number of aromatic amines is 1. The summed E-state index contributed by atoms with van der Waals surface area (Å²) < 4.78 is 33.7. The van der Waals surface area contributed by atoms with Gasteiger partial charge in [0.1, 0.15) is 17.6 Å². The van der Waals surface area contributed by atoms with Crippen LogP contribution in [0.2, 0.25) is 0 Å². The third-order valence-electron chi connectivity index (χ3n) is 7.77. The van der Waals surface area contributed by atoms with Crippen LogP contribution < -0.4 is 11.2 Å². The van der Waals surface area contributed by atoms with E-state index in [0.717, 1.165) is 10.8 Å². The predicted molar refractivity (Wildman–Crippen MR) is 155 cm³/mol. The molecule has 1 aromatic heterocycles. The van der Waals surface area contributed by atoms with E-state index in [9.17, 15) is 28.2 Å². The van der Waals surface area contributed by atoms with Crippen molar-refractivity contribution in [2.45, 2.75) is 41.1 Å². The number of benzene rings is 3. The van der Waals surface area contributed by atoms with Gasteiger partial charge in [-0.3, -0.25) is 14.3 Å². The number of rotatable bonds is 7. The monoisotopic (exact) mass is 596 g/mol. The van der Waals surface area contributed by atoms with Gasteiger partial charge in [0.2, 0.25) is 4.93 Å². The average Bonchev–Trinajstić information content (AvgIpc) is 3.24. The van der Waals surface area contributed by atoms with Gasteiger partial charge in [0, 0.05) is 18.0 Å². The smallest absolute Gasteiger partial charge is 0.330 e. The van der Waals surface area contributed by atoms with Crippen LogP contribution in [0.4, 0.5) is 0 Å². The number of aliphatic hydroxyl groups excluding tert-OH is 1. The molecule has 0 radical (unpaired) electrons. The third-order valence-corrected chi connectivity index (χ3v) is 10.1. The minimum Gasteiger partial charge on any atom is -0.389 e. The second-order valence-electron chi connectivity index (χ2n) is 10.2. The van der Waals surface area contributed by atoms with Crippen molar-refractivity contribution in [1.29, 1.82) is 0 Å². The molecule has 1 fully saturated rings. The molecule has 1 aliphatic rings. The number of hydrogen-bond acceptors (Lipinski definition) is 7. The van der Waals surface area contributed by atoms with E-state index in [4.69, 9.17) is 16.3 Å². The van der Waals surface area contributed by atoms with E-state index in [1.165, 1.54) is 13.1 Å². The molecule has 2 heterocycles. The zero-order valence-electron chi connectivity index (χ0n) is 22.2. The van der Waals surface area contributed by atoms with Gasteiger partial charge in [-0.15, -0.1) is 11.6 Å². The maximum absolute atomic E-state index is 13.3. The predicted octanol–water partition coefficient (Wildman–Crippen LogP) is 2.48. The van der Waals surface area contributed by atoms with Crippen molar-refractivity contribution in [2.24, 2.45) is 0 Å². The molecule has 4 aromatic rings. The Hall–Kier alpha value is -3.54. The van der Waals surface area contributed by atoms with Gasteiger partial charge in [-0.1, -0.05) is 91.0 Å². The number of alkyl halides is 1. The number of halogens is 1. The van der Waals surface area contributed by atoms with Crippen LogP contribution in [0.5, 0.6) is 0 Å². The molecule has 5 atom stereocenters. The van der Waals surface area contributed by atoms with Crippen molar-refractivity contribution >= 4 is 21.4 Å². The molecule has 3 aromatic carbocycles. The third kappa shape index (κ3) is 4.56. The first kappa shape index (κ1) is 29.0. The first-order valence-corrected chi connectivity index (χ1v) is 15.1. The second kappa shape index (κ2) is 10.7. The Balaban J connectivity index is 1.81. The van der Waals surface area contributed by atoms with Crippen molar-refractivity contribution < 1.29 is 23.4 Å². The van der Waals surface area contributed by atoms with E-state index >= 15 is 0 Å². The highest BCUT2D eigenvalue weighted by molar-refractivity contribution is 7.92. The van der Waals surface area contributed by atoms with Crippen molar-refractivity contribution in [3.8, 4) is 0 Å². The average molecular weight is 597 g/mol. The van der Waals surface area contributed by atoms with E-state index < -0.39 is 55.2 Å². The number of nitrogens with zero attached hydrogens (tertiary/aromatic N) is 1. The fourth-order valence-corrected chi connectivity index (χ4v) is 7.64. The number of ether oxygens (including phenoxy) is 1. The first-order valence-electron chi connectivity index (χ1n) is 12.8. The fourth-order valence-electron chi connectivity index (χ4n) is 5.72. The van der Waals surface area contributed by atoms with E-state index in [1.54, 1.807) is 72.8 Å². The summed E-state index contributed by atoms with van der Waals surface area (Å²) in [5, 5.41) is 22.8. The van der Waals surface area contributed by atoms with Crippen LogP contribution >= 0.6 is 11.6 Å². The van der Waals surface area contributed by atoms with Gasteiger partial charge in [-0.2, -0.15) is 0 Å². The number of aryl methyl sites for hydroxylation is 1. The van der Waals surface area contributed by atoms with E-state index in [-0.39, 0.29) is 5.56 Å². The number of hydrogen-bond donors (Lipinski definition) is 3. The number of aliphatic hydroxyl groups is 2. The van der Waals surface area contributed by atoms with Gasteiger partial charge in [0.15, 0.2) is 16.1 Å². The van der Waals surface area contributed by atoms with Gasteiger partial charge in [-0.25, -0.2) is 13.2 Å². The Morgan fingerprint density at radius 2 is 1.37 bits per heavy atom. The van der Waals surface area contributed by atoms with Crippen LogP contribution in [-0.2, 0) is 20.0 Å². The molecule has 0 aliphatic carbocycles. The maximum Gasteiger partial charge on any atom is 0.330 e. The molecule has 0 spiro atoms. The van der Waals surface area contributed by atoms with E-state index in [1.807, 2.05) is 18.2 Å². The van der Waals surface area contributed by atoms with Gasteiger partial charge < -0.3 is 14.9 Å². The quantitative estimate of drug-likeness (QED) is 0.220. The molecule has 2 unspecified atom stereocenters. The summed E-state index contributed by atoms with van der Waals surface area (Å²) in [7, 11) is -4.47. The molecule has 0 saturated carbocycles. The zero-order chi connectivity index (χ0) is 29.6. The normalized spacial score (nSPS) is 23.8. The van der Waals surface area contributed by atoms with Crippen LogP contribution in [-0.4, -0.2) is 57.0 Å². The van der Waals surface area contributed by atoms with Crippen molar-refractivity contribution in [3.05, 3.63) is 140 Å². The Kier molecular flexibility index (Phi) is 7.56. The summed E-state index contributed by atoms with van der Waals surface area (Å²) in [4.78, 5) is 24.1. The molecule has 0 bridgehead atoms. The molecule has 9 nitrogen and oxygen atoms in total. The number of H-pyrrole nitrogens is 1. The fraction of sp³-hybridized carbons (Fsp3) is 0.267. The SMILES string of the molecule is Cc1cn([C@@H]2O[C@H](C(O)C(c3ccccc3)(c3ccccc3)c3ccccc3)[C@](O)(S(C)(=O)=O)C2Cl)c(=O)[nH]c1=O. The Labute approximate surface area is 241 Å². The lowest BCUT2D eigenvalue weighted by Gasteiger charge is -2.44. The highest BCUT2D eigenvalue weighted by Crippen LogP contribution is 2.51. The van der Waals surface area contributed by atoms with Crippen LogP contribution in [0.1, 0.15) is 28.5 Å². The van der Waals surface area contributed by atoms with Crippen molar-refractivity contribution in [3.63, 3.8) is 0 Å². The highest BCUT2D eigenvalue weighted by atomic mass is 35.5. The Bertz CT molecular complexity index is 1660. The van der Waals surface area contributed by atoms with E-state index in [0.29, 0.717) is 16.7 Å². The van der Waals surface area contributed by atoms with Crippen molar-refractivity contribution in [2.75, 3.05) is 6.26 Å². The molecule has 5 rings (SSSR count). The molecular weight excluding hydrogens is 568 g/mol. The van der Waals surface area contributed by atoms with Gasteiger partial charge in [-0.05, 0) is 23.6 Å².